The summed E-state index contributed by atoms with van der Waals surface area (Å²) in [6.07, 6.45) is 2.40. The van der Waals surface area contributed by atoms with Gasteiger partial charge in [0.15, 0.2) is 0 Å². The van der Waals surface area contributed by atoms with Crippen LogP contribution in [0, 0.1) is 5.92 Å². The molecule has 0 aromatic carbocycles. The second kappa shape index (κ2) is 10.1. The molecule has 0 spiro atoms. The molecule has 0 heterocycles. The summed E-state index contributed by atoms with van der Waals surface area (Å²) in [5, 5.41) is 5.05. The minimum Gasteiger partial charge on any atom is -0.351 e. The Morgan fingerprint density at radius 3 is 2.47 bits per heavy atom. The molecule has 2 atom stereocenters. The molecule has 0 rings (SSSR count). The summed E-state index contributed by atoms with van der Waals surface area (Å²) in [6.45, 7) is 7.69. The molecule has 6 heteroatoms. The maximum absolute atomic E-state index is 11.5. The highest BCUT2D eigenvalue weighted by molar-refractivity contribution is 5.87. The standard InChI is InChI=1S/C11H21N3O2.ClH/c1-4-6-13-9(15)7-14-11(16)10(12)8(3)5-2;/h4,8,10H,1,5-7,12H2,2-3H3,(H,13,15)(H,14,16);1H. The number of hydrogen-bond donors (Lipinski definition) is 3. The molecule has 2 amide bonds. The van der Waals surface area contributed by atoms with Gasteiger partial charge in [0.25, 0.3) is 0 Å². The fourth-order valence-corrected chi connectivity index (χ4v) is 1.05. The van der Waals surface area contributed by atoms with Crippen LogP contribution in [0.2, 0.25) is 0 Å². The van der Waals surface area contributed by atoms with Gasteiger partial charge in [-0.3, -0.25) is 9.59 Å². The van der Waals surface area contributed by atoms with Crippen molar-refractivity contribution in [2.24, 2.45) is 11.7 Å². The molecule has 0 saturated carbocycles. The molecule has 0 aliphatic rings. The third-order valence-electron chi connectivity index (χ3n) is 2.43. The lowest BCUT2D eigenvalue weighted by Crippen LogP contribution is -2.47. The van der Waals surface area contributed by atoms with E-state index in [1.165, 1.54) is 0 Å². The Morgan fingerprint density at radius 2 is 2.00 bits per heavy atom. The Kier molecular flexibility index (Phi) is 10.9. The van der Waals surface area contributed by atoms with Crippen molar-refractivity contribution in [3.05, 3.63) is 12.7 Å². The lowest BCUT2D eigenvalue weighted by atomic mass is 9.99. The first kappa shape index (κ1) is 18.3. The van der Waals surface area contributed by atoms with Crippen LogP contribution >= 0.6 is 12.4 Å². The maximum atomic E-state index is 11.5. The van der Waals surface area contributed by atoms with E-state index in [0.29, 0.717) is 6.54 Å². The lowest BCUT2D eigenvalue weighted by molar-refractivity contribution is -0.127. The molecule has 0 saturated heterocycles. The number of amides is 2. The first-order valence-corrected chi connectivity index (χ1v) is 5.43. The predicted molar refractivity (Wildman–Crippen MR) is 70.9 cm³/mol. The molecule has 0 radical (unpaired) electrons. The van der Waals surface area contributed by atoms with E-state index in [9.17, 15) is 9.59 Å². The second-order valence-corrected chi connectivity index (χ2v) is 3.72. The van der Waals surface area contributed by atoms with Gasteiger partial charge in [0.05, 0.1) is 12.6 Å². The molecular weight excluding hydrogens is 242 g/mol. The number of carbonyl (C=O) groups is 2. The fraction of sp³-hybridized carbons (Fsp3) is 0.636. The summed E-state index contributed by atoms with van der Waals surface area (Å²) in [6, 6.07) is -0.558. The quantitative estimate of drug-likeness (QED) is 0.574. The summed E-state index contributed by atoms with van der Waals surface area (Å²) in [4.78, 5) is 22.6. The van der Waals surface area contributed by atoms with Crippen LogP contribution in [0.1, 0.15) is 20.3 Å². The molecule has 2 unspecified atom stereocenters. The molecule has 5 nitrogen and oxygen atoms in total. The summed E-state index contributed by atoms with van der Waals surface area (Å²) < 4.78 is 0. The van der Waals surface area contributed by atoms with Gasteiger partial charge < -0.3 is 16.4 Å². The van der Waals surface area contributed by atoms with Crippen LogP contribution in [0.5, 0.6) is 0 Å². The SMILES string of the molecule is C=CCNC(=O)CNC(=O)C(N)C(C)CC.Cl. The summed E-state index contributed by atoms with van der Waals surface area (Å²) >= 11 is 0. The topological polar surface area (TPSA) is 84.2 Å². The summed E-state index contributed by atoms with van der Waals surface area (Å²) in [5.74, 6) is -0.427. The molecule has 0 aliphatic carbocycles. The van der Waals surface area contributed by atoms with E-state index in [1.807, 2.05) is 13.8 Å². The van der Waals surface area contributed by atoms with E-state index in [-0.39, 0.29) is 36.7 Å². The van der Waals surface area contributed by atoms with E-state index in [0.717, 1.165) is 6.42 Å². The molecule has 0 fully saturated rings. The smallest absolute Gasteiger partial charge is 0.239 e. The van der Waals surface area contributed by atoms with Gasteiger partial charge in [-0.25, -0.2) is 0 Å². The third kappa shape index (κ3) is 7.76. The van der Waals surface area contributed by atoms with Gasteiger partial charge in [0, 0.05) is 6.54 Å². The van der Waals surface area contributed by atoms with Crippen molar-refractivity contribution in [2.75, 3.05) is 13.1 Å². The van der Waals surface area contributed by atoms with Crippen molar-refractivity contribution >= 4 is 24.2 Å². The first-order valence-electron chi connectivity index (χ1n) is 5.43. The Bertz CT molecular complexity index is 259. The number of halogens is 1. The molecule has 0 bridgehead atoms. The van der Waals surface area contributed by atoms with E-state index in [1.54, 1.807) is 6.08 Å². The van der Waals surface area contributed by atoms with Gasteiger partial charge in [-0.2, -0.15) is 0 Å². The van der Waals surface area contributed by atoms with E-state index >= 15 is 0 Å². The minimum atomic E-state index is -0.558. The van der Waals surface area contributed by atoms with Crippen LogP contribution in [0.3, 0.4) is 0 Å². The van der Waals surface area contributed by atoms with Crippen molar-refractivity contribution in [2.45, 2.75) is 26.3 Å². The van der Waals surface area contributed by atoms with Crippen LogP contribution in [0.25, 0.3) is 0 Å². The Balaban J connectivity index is 0. The van der Waals surface area contributed by atoms with Crippen molar-refractivity contribution in [3.63, 3.8) is 0 Å². The van der Waals surface area contributed by atoms with Gasteiger partial charge >= 0.3 is 0 Å². The fourth-order valence-electron chi connectivity index (χ4n) is 1.05. The largest absolute Gasteiger partial charge is 0.351 e. The average molecular weight is 264 g/mol. The number of nitrogens with two attached hydrogens (primary N) is 1. The molecule has 17 heavy (non-hydrogen) atoms. The zero-order valence-corrected chi connectivity index (χ0v) is 11.2. The van der Waals surface area contributed by atoms with Crippen molar-refractivity contribution in [1.82, 2.24) is 10.6 Å². The predicted octanol–water partition coefficient (Wildman–Crippen LogP) is 0.200. The second-order valence-electron chi connectivity index (χ2n) is 3.72. The Hall–Kier alpha value is -1.07. The minimum absolute atomic E-state index is 0. The third-order valence-corrected chi connectivity index (χ3v) is 2.43. The van der Waals surface area contributed by atoms with Crippen LogP contribution < -0.4 is 16.4 Å². The number of nitrogens with one attached hydrogen (secondary N) is 2. The first-order chi connectivity index (χ1) is 7.52. The van der Waals surface area contributed by atoms with Gasteiger partial charge in [-0.1, -0.05) is 26.3 Å². The molecule has 100 valence electrons. The van der Waals surface area contributed by atoms with Crippen molar-refractivity contribution < 1.29 is 9.59 Å². The van der Waals surface area contributed by atoms with Crippen molar-refractivity contribution in [1.29, 1.82) is 0 Å². The van der Waals surface area contributed by atoms with E-state index in [4.69, 9.17) is 5.73 Å². The molecule has 0 aromatic rings. The van der Waals surface area contributed by atoms with Gasteiger partial charge in [-0.15, -0.1) is 19.0 Å². The van der Waals surface area contributed by atoms with Gasteiger partial charge in [-0.05, 0) is 5.92 Å². The normalized spacial score (nSPS) is 12.9. The average Bonchev–Trinajstić information content (AvgIpc) is 2.31. The number of carbonyl (C=O) groups excluding carboxylic acids is 2. The number of rotatable bonds is 7. The number of hydrogen-bond acceptors (Lipinski definition) is 3. The monoisotopic (exact) mass is 263 g/mol. The van der Waals surface area contributed by atoms with Gasteiger partial charge in [0.2, 0.25) is 11.8 Å². The maximum Gasteiger partial charge on any atom is 0.239 e. The highest BCUT2D eigenvalue weighted by atomic mass is 35.5. The van der Waals surface area contributed by atoms with Crippen LogP contribution in [0.15, 0.2) is 12.7 Å². The van der Waals surface area contributed by atoms with Crippen LogP contribution in [0.4, 0.5) is 0 Å². The highest BCUT2D eigenvalue weighted by Gasteiger charge is 2.19. The Morgan fingerprint density at radius 1 is 1.41 bits per heavy atom. The van der Waals surface area contributed by atoms with Crippen LogP contribution in [-0.4, -0.2) is 30.9 Å². The zero-order valence-electron chi connectivity index (χ0n) is 10.4. The molecule has 0 aliphatic heterocycles. The summed E-state index contributed by atoms with van der Waals surface area (Å²) in [5.41, 5.74) is 5.70. The molecule has 4 N–H and O–H groups in total. The van der Waals surface area contributed by atoms with Gasteiger partial charge in [0.1, 0.15) is 0 Å². The molecule has 0 aromatic heterocycles. The highest BCUT2D eigenvalue weighted by Crippen LogP contribution is 2.04. The zero-order chi connectivity index (χ0) is 12.6. The van der Waals surface area contributed by atoms with Crippen LogP contribution in [-0.2, 0) is 9.59 Å². The summed E-state index contributed by atoms with van der Waals surface area (Å²) in [7, 11) is 0. The van der Waals surface area contributed by atoms with E-state index < -0.39 is 6.04 Å². The Labute approximate surface area is 109 Å². The van der Waals surface area contributed by atoms with E-state index in [2.05, 4.69) is 17.2 Å². The molecular formula is C11H22ClN3O2. The van der Waals surface area contributed by atoms with Crippen molar-refractivity contribution in [3.8, 4) is 0 Å². The lowest BCUT2D eigenvalue weighted by Gasteiger charge is -2.17.